The molecule has 0 fully saturated rings. The van der Waals surface area contributed by atoms with Gasteiger partial charge in [0.05, 0.1) is 40.9 Å². The molecule has 0 unspecified atom stereocenters. The lowest BCUT2D eigenvalue weighted by molar-refractivity contribution is -0.137. The summed E-state index contributed by atoms with van der Waals surface area (Å²) in [4.78, 5) is 29.5. The highest BCUT2D eigenvalue weighted by Gasteiger charge is 2.36. The van der Waals surface area contributed by atoms with E-state index in [1.165, 1.54) is 47.2 Å². The van der Waals surface area contributed by atoms with Crippen LogP contribution in [0, 0.1) is 12.8 Å². The molecule has 0 saturated heterocycles. The fraction of sp³-hybridized carbons (Fsp3) is 0.355. The number of hydrogen-bond donors (Lipinski definition) is 3. The summed E-state index contributed by atoms with van der Waals surface area (Å²) >= 11 is 0. The van der Waals surface area contributed by atoms with Crippen LogP contribution in [-0.4, -0.2) is 74.2 Å². The van der Waals surface area contributed by atoms with E-state index < -0.39 is 51.8 Å². The van der Waals surface area contributed by atoms with Crippen LogP contribution in [0.2, 0.25) is 0 Å². The first-order chi connectivity index (χ1) is 21.1. The number of fused-ring (bicyclic) bond motifs is 1. The van der Waals surface area contributed by atoms with Crippen LogP contribution >= 0.6 is 0 Å². The van der Waals surface area contributed by atoms with Crippen molar-refractivity contribution in [1.82, 2.24) is 9.80 Å². The van der Waals surface area contributed by atoms with Crippen molar-refractivity contribution in [3.63, 3.8) is 0 Å². The summed E-state index contributed by atoms with van der Waals surface area (Å²) in [5, 5.41) is 12.5. The maximum atomic E-state index is 13.7. The molecule has 10 nitrogen and oxygen atoms in total. The molecule has 14 heteroatoms. The van der Waals surface area contributed by atoms with E-state index in [1.807, 2.05) is 6.92 Å². The molecule has 0 aromatic heterocycles. The third-order valence-corrected chi connectivity index (χ3v) is 8.91. The second-order valence-corrected chi connectivity index (χ2v) is 12.8. The van der Waals surface area contributed by atoms with Crippen LogP contribution in [-0.2, 0) is 16.2 Å². The molecule has 242 valence electrons. The van der Waals surface area contributed by atoms with Crippen molar-refractivity contribution in [2.45, 2.75) is 44.0 Å². The van der Waals surface area contributed by atoms with Gasteiger partial charge in [-0.15, -0.1) is 0 Å². The average Bonchev–Trinajstić information content (AvgIpc) is 2.98. The number of carbonyl (C=O) groups is 2. The molecule has 0 bridgehead atoms. The van der Waals surface area contributed by atoms with Gasteiger partial charge in [0.25, 0.3) is 15.9 Å². The lowest BCUT2D eigenvalue weighted by Gasteiger charge is -2.38. The number of amides is 3. The molecule has 1 aliphatic rings. The molecule has 3 atom stereocenters. The number of likely N-dealkylation sites (N-methyl/N-ethyl adjacent to an activating group) is 1. The highest BCUT2D eigenvalue weighted by molar-refractivity contribution is 7.92. The number of benzene rings is 3. The second kappa shape index (κ2) is 13.4. The third-order valence-electron chi connectivity index (χ3n) is 7.53. The minimum atomic E-state index is -4.52. The Morgan fingerprint density at radius 3 is 2.36 bits per heavy atom. The van der Waals surface area contributed by atoms with Gasteiger partial charge >= 0.3 is 12.2 Å². The predicted octanol–water partition coefficient (Wildman–Crippen LogP) is 5.20. The summed E-state index contributed by atoms with van der Waals surface area (Å²) in [6, 6.07) is 13.5. The molecule has 3 N–H and O–H groups in total. The molecule has 0 spiro atoms. The maximum Gasteiger partial charge on any atom is 0.416 e. The molecule has 0 radical (unpaired) electrons. The average molecular weight is 649 g/mol. The van der Waals surface area contributed by atoms with Crippen molar-refractivity contribution in [1.29, 1.82) is 0 Å². The van der Waals surface area contributed by atoms with Crippen LogP contribution in [0.15, 0.2) is 71.6 Å². The molecule has 0 aliphatic carbocycles. The van der Waals surface area contributed by atoms with Gasteiger partial charge in [-0.25, -0.2) is 13.2 Å². The summed E-state index contributed by atoms with van der Waals surface area (Å²) in [7, 11) is -2.62. The number of urea groups is 1. The van der Waals surface area contributed by atoms with Crippen LogP contribution in [0.5, 0.6) is 5.75 Å². The van der Waals surface area contributed by atoms with Crippen molar-refractivity contribution in [3.05, 3.63) is 83.4 Å². The van der Waals surface area contributed by atoms with Crippen molar-refractivity contribution in [3.8, 4) is 5.75 Å². The molecular formula is C31H35F3N4O6S. The molecule has 3 amide bonds. The van der Waals surface area contributed by atoms with Crippen molar-refractivity contribution in [2.75, 3.05) is 36.8 Å². The Labute approximate surface area is 259 Å². The van der Waals surface area contributed by atoms with Crippen molar-refractivity contribution in [2.24, 2.45) is 5.92 Å². The number of aryl methyl sites for hydroxylation is 1. The molecule has 1 heterocycles. The number of carbonyl (C=O) groups excluding carboxylic acids is 2. The fourth-order valence-electron chi connectivity index (χ4n) is 4.78. The zero-order chi connectivity index (χ0) is 33.1. The van der Waals surface area contributed by atoms with E-state index in [2.05, 4.69) is 10.0 Å². The monoisotopic (exact) mass is 648 g/mol. The molecule has 45 heavy (non-hydrogen) atoms. The number of anilines is 2. The molecule has 0 saturated carbocycles. The minimum absolute atomic E-state index is 0.00277. The van der Waals surface area contributed by atoms with Crippen molar-refractivity contribution >= 4 is 33.3 Å². The molecule has 3 aromatic rings. The van der Waals surface area contributed by atoms with Gasteiger partial charge in [0.2, 0.25) is 0 Å². The van der Waals surface area contributed by atoms with E-state index >= 15 is 0 Å². The summed E-state index contributed by atoms with van der Waals surface area (Å²) in [5.74, 6) is -0.928. The normalized spacial score (nSPS) is 17.8. The van der Waals surface area contributed by atoms with E-state index in [-0.39, 0.29) is 47.3 Å². The van der Waals surface area contributed by atoms with E-state index in [4.69, 9.17) is 4.74 Å². The van der Waals surface area contributed by atoms with Gasteiger partial charge in [-0.3, -0.25) is 9.52 Å². The smallest absolute Gasteiger partial charge is 0.416 e. The van der Waals surface area contributed by atoms with E-state index in [1.54, 1.807) is 26.0 Å². The van der Waals surface area contributed by atoms with E-state index in [9.17, 15) is 36.3 Å². The van der Waals surface area contributed by atoms with E-state index in [0.717, 1.165) is 29.8 Å². The van der Waals surface area contributed by atoms with Gasteiger partial charge in [-0.1, -0.05) is 30.7 Å². The first-order valence-corrected chi connectivity index (χ1v) is 15.6. The van der Waals surface area contributed by atoms with Gasteiger partial charge in [0.1, 0.15) is 6.10 Å². The Bertz CT molecular complexity index is 1630. The van der Waals surface area contributed by atoms with Crippen molar-refractivity contribution < 1.29 is 41.0 Å². The highest BCUT2D eigenvalue weighted by atomic mass is 32.2. The Hall–Kier alpha value is -4.30. The third kappa shape index (κ3) is 7.87. The summed E-state index contributed by atoms with van der Waals surface area (Å²) < 4.78 is 74.3. The van der Waals surface area contributed by atoms with Crippen LogP contribution in [0.25, 0.3) is 0 Å². The Balaban J connectivity index is 1.64. The number of hydrogen-bond acceptors (Lipinski definition) is 6. The number of nitrogens with zero attached hydrogens (tertiary/aromatic N) is 2. The summed E-state index contributed by atoms with van der Waals surface area (Å²) in [6.45, 7) is 5.08. The SMILES string of the molecule is Cc1ccc(S(=O)(=O)Nc2cccc3c2O[C@@H](CN(C)C(=O)Nc2ccc(C(F)(F)F)cc2)[C@@H](C)CN([C@@H](C)CO)C3=O)cc1. The van der Waals surface area contributed by atoms with Crippen LogP contribution < -0.4 is 14.8 Å². The standard InChI is InChI=1S/C31H35F3N4O6S/c1-19-8-14-24(15-9-19)45(42,43)36-26-7-5-6-25-28(26)44-27(20(2)16-38(29(25)40)21(3)18-39)17-37(4)30(41)35-23-12-10-22(11-13-23)31(32,33)34/h5-15,20-21,27,36,39H,16-18H2,1-4H3,(H,35,41)/t20-,21-,27-/m0/s1. The number of alkyl halides is 3. The fourth-order valence-corrected chi connectivity index (χ4v) is 5.84. The van der Waals surface area contributed by atoms with Gasteiger partial charge in [-0.05, 0) is 62.4 Å². The highest BCUT2D eigenvalue weighted by Crippen LogP contribution is 2.36. The summed E-state index contributed by atoms with van der Waals surface area (Å²) in [6.07, 6.45) is -5.30. The molecule has 4 rings (SSSR count). The predicted molar refractivity (Wildman–Crippen MR) is 163 cm³/mol. The number of sulfonamides is 1. The molecule has 1 aliphatic heterocycles. The zero-order valence-corrected chi connectivity index (χ0v) is 25.9. The molecule has 3 aromatic carbocycles. The summed E-state index contributed by atoms with van der Waals surface area (Å²) in [5.41, 5.74) is 0.240. The Morgan fingerprint density at radius 1 is 1.11 bits per heavy atom. The zero-order valence-electron chi connectivity index (χ0n) is 25.1. The topological polar surface area (TPSA) is 128 Å². The number of halogens is 3. The Kier molecular flexibility index (Phi) is 9.98. The second-order valence-electron chi connectivity index (χ2n) is 11.1. The number of para-hydroxylation sites is 1. The van der Waals surface area contributed by atoms with E-state index in [0.29, 0.717) is 0 Å². The number of ether oxygens (including phenoxy) is 1. The van der Waals surface area contributed by atoms with Gasteiger partial charge in [0.15, 0.2) is 5.75 Å². The first kappa shape index (κ1) is 33.6. The largest absolute Gasteiger partial charge is 0.485 e. The Morgan fingerprint density at radius 2 is 1.76 bits per heavy atom. The first-order valence-electron chi connectivity index (χ1n) is 14.1. The van der Waals surface area contributed by atoms with Gasteiger partial charge < -0.3 is 25.0 Å². The molecular weight excluding hydrogens is 613 g/mol. The number of rotatable bonds is 8. The quantitative estimate of drug-likeness (QED) is 0.308. The minimum Gasteiger partial charge on any atom is -0.485 e. The lowest BCUT2D eigenvalue weighted by atomic mass is 9.99. The van der Waals surface area contributed by atoms with Gasteiger partial charge in [0, 0.05) is 25.2 Å². The number of aliphatic hydroxyl groups is 1. The lowest BCUT2D eigenvalue weighted by Crippen LogP contribution is -2.50. The maximum absolute atomic E-state index is 13.7. The van der Waals surface area contributed by atoms with Crippen LogP contribution in [0.4, 0.5) is 29.3 Å². The van der Waals surface area contributed by atoms with Crippen LogP contribution in [0.3, 0.4) is 0 Å². The van der Waals surface area contributed by atoms with Crippen LogP contribution in [0.1, 0.15) is 35.3 Å². The number of nitrogens with one attached hydrogen (secondary N) is 2. The number of aliphatic hydroxyl groups excluding tert-OH is 1. The van der Waals surface area contributed by atoms with Gasteiger partial charge in [-0.2, -0.15) is 13.2 Å².